The Morgan fingerprint density at radius 3 is 2.47 bits per heavy atom. The van der Waals surface area contributed by atoms with Gasteiger partial charge >= 0.3 is 11.9 Å². The summed E-state index contributed by atoms with van der Waals surface area (Å²) in [4.78, 5) is 27.6. The van der Waals surface area contributed by atoms with Crippen molar-refractivity contribution in [2.24, 2.45) is 5.92 Å². The second kappa shape index (κ2) is 10.2. The molecule has 1 unspecified atom stereocenters. The fraction of sp³-hybridized carbons (Fsp3) is 0.348. The van der Waals surface area contributed by atoms with Gasteiger partial charge in [0.15, 0.2) is 0 Å². The third-order valence-corrected chi connectivity index (χ3v) is 5.92. The maximum Gasteiger partial charge on any atom is 0.335 e. The van der Waals surface area contributed by atoms with Gasteiger partial charge < -0.3 is 14.8 Å². The van der Waals surface area contributed by atoms with Crippen molar-refractivity contribution in [3.8, 4) is 0 Å². The van der Waals surface area contributed by atoms with E-state index in [1.807, 2.05) is 16.8 Å². The largest absolute Gasteiger partial charge is 0.481 e. The van der Waals surface area contributed by atoms with E-state index in [0.717, 1.165) is 41.9 Å². The van der Waals surface area contributed by atoms with Crippen LogP contribution in [0.15, 0.2) is 47.3 Å². The van der Waals surface area contributed by atoms with Crippen molar-refractivity contribution in [1.82, 2.24) is 9.55 Å². The first-order chi connectivity index (χ1) is 14.5. The molecule has 30 heavy (non-hydrogen) atoms. The second-order valence-corrected chi connectivity index (χ2v) is 8.21. The maximum absolute atomic E-state index is 11.9. The zero-order valence-electron chi connectivity index (χ0n) is 17.0. The number of carbonyl (C=O) groups is 2. The van der Waals surface area contributed by atoms with Gasteiger partial charge in [-0.1, -0.05) is 25.5 Å². The molecule has 7 heteroatoms. The van der Waals surface area contributed by atoms with Crippen LogP contribution >= 0.6 is 11.3 Å². The lowest BCUT2D eigenvalue weighted by atomic mass is 9.96. The Hall–Kier alpha value is -2.93. The van der Waals surface area contributed by atoms with E-state index in [1.165, 1.54) is 0 Å². The van der Waals surface area contributed by atoms with E-state index < -0.39 is 17.9 Å². The minimum Gasteiger partial charge on any atom is -0.481 e. The molecule has 3 aromatic rings. The number of aromatic nitrogens is 2. The van der Waals surface area contributed by atoms with Gasteiger partial charge in [0.05, 0.1) is 11.5 Å². The molecule has 2 N–H and O–H groups in total. The molecule has 1 aromatic carbocycles. The Morgan fingerprint density at radius 2 is 1.87 bits per heavy atom. The third kappa shape index (κ3) is 5.57. The predicted octanol–water partition coefficient (Wildman–Crippen LogP) is 4.52. The highest BCUT2D eigenvalue weighted by molar-refractivity contribution is 7.07. The van der Waals surface area contributed by atoms with Crippen LogP contribution in [0.5, 0.6) is 0 Å². The summed E-state index contributed by atoms with van der Waals surface area (Å²) in [5.74, 6) is -1.35. The summed E-state index contributed by atoms with van der Waals surface area (Å²) in [7, 11) is 0. The first-order valence-electron chi connectivity index (χ1n) is 10.1. The molecular weight excluding hydrogens is 400 g/mol. The van der Waals surface area contributed by atoms with Crippen molar-refractivity contribution in [2.45, 2.75) is 45.6 Å². The number of nitrogens with zero attached hydrogens (tertiary/aromatic N) is 2. The lowest BCUT2D eigenvalue weighted by Gasteiger charge is -2.16. The Balaban J connectivity index is 1.85. The van der Waals surface area contributed by atoms with Crippen molar-refractivity contribution in [2.75, 3.05) is 0 Å². The summed E-state index contributed by atoms with van der Waals surface area (Å²) in [6.07, 6.45) is 5.56. The number of carboxylic acids is 2. The molecule has 6 nitrogen and oxygen atoms in total. The normalized spacial score (nSPS) is 12.0. The van der Waals surface area contributed by atoms with Crippen molar-refractivity contribution >= 4 is 23.3 Å². The number of aliphatic carboxylic acids is 1. The molecule has 0 aliphatic carbocycles. The SMILES string of the molecule is CCCCc1ncc(CC(Cc2ccsc2)C(=O)O)n1Cc1ccc(C(=O)O)cc1. The van der Waals surface area contributed by atoms with E-state index in [9.17, 15) is 14.7 Å². The average Bonchev–Trinajstić information content (AvgIpc) is 3.37. The quantitative estimate of drug-likeness (QED) is 0.470. The molecule has 158 valence electrons. The number of thiophene rings is 1. The van der Waals surface area contributed by atoms with Crippen molar-refractivity contribution in [3.05, 3.63) is 75.5 Å². The first-order valence-corrected chi connectivity index (χ1v) is 11.0. The monoisotopic (exact) mass is 426 g/mol. The van der Waals surface area contributed by atoms with Crippen molar-refractivity contribution in [3.63, 3.8) is 0 Å². The van der Waals surface area contributed by atoms with E-state index in [0.29, 0.717) is 19.4 Å². The molecule has 0 amide bonds. The standard InChI is InChI=1S/C23H26N2O4S/c1-2-3-4-21-24-13-20(12-19(23(28)29)11-17-9-10-30-15-17)25(21)14-16-5-7-18(8-6-16)22(26)27/h5-10,13,15,19H,2-4,11-12,14H2,1H3,(H,26,27)(H,28,29). The molecule has 0 aliphatic rings. The Labute approximate surface area is 179 Å². The van der Waals surface area contributed by atoms with E-state index in [1.54, 1.807) is 41.8 Å². The lowest BCUT2D eigenvalue weighted by molar-refractivity contribution is -0.141. The van der Waals surface area contributed by atoms with E-state index >= 15 is 0 Å². The molecule has 3 rings (SSSR count). The Kier molecular flexibility index (Phi) is 7.41. The number of aromatic carboxylic acids is 1. The zero-order chi connectivity index (χ0) is 21.5. The maximum atomic E-state index is 11.9. The van der Waals surface area contributed by atoms with Gasteiger partial charge in [-0.25, -0.2) is 9.78 Å². The Bertz CT molecular complexity index is 977. The van der Waals surface area contributed by atoms with Gasteiger partial charge in [-0.15, -0.1) is 0 Å². The van der Waals surface area contributed by atoms with E-state index in [4.69, 9.17) is 5.11 Å². The van der Waals surface area contributed by atoms with Gasteiger partial charge in [-0.2, -0.15) is 11.3 Å². The summed E-state index contributed by atoms with van der Waals surface area (Å²) in [6, 6.07) is 8.76. The van der Waals surface area contributed by atoms with Crippen molar-refractivity contribution in [1.29, 1.82) is 0 Å². The van der Waals surface area contributed by atoms with Gasteiger partial charge in [0, 0.05) is 31.3 Å². The summed E-state index contributed by atoms with van der Waals surface area (Å²) < 4.78 is 2.09. The molecule has 2 aromatic heterocycles. The molecule has 0 saturated heterocycles. The Morgan fingerprint density at radius 1 is 1.10 bits per heavy atom. The summed E-state index contributed by atoms with van der Waals surface area (Å²) in [5.41, 5.74) is 3.14. The van der Waals surface area contributed by atoms with E-state index in [2.05, 4.69) is 16.5 Å². The summed E-state index contributed by atoms with van der Waals surface area (Å²) in [5, 5.41) is 22.8. The number of unbranched alkanes of at least 4 members (excludes halogenated alkanes) is 1. The molecular formula is C23H26N2O4S. The fourth-order valence-corrected chi connectivity index (χ4v) is 4.15. The van der Waals surface area contributed by atoms with Gasteiger partial charge in [0.2, 0.25) is 0 Å². The molecule has 0 fully saturated rings. The zero-order valence-corrected chi connectivity index (χ0v) is 17.8. The third-order valence-electron chi connectivity index (χ3n) is 5.18. The smallest absolute Gasteiger partial charge is 0.335 e. The molecule has 0 saturated carbocycles. The van der Waals surface area contributed by atoms with Crippen LogP contribution in [-0.2, 0) is 30.6 Å². The predicted molar refractivity (Wildman–Crippen MR) is 116 cm³/mol. The van der Waals surface area contributed by atoms with Gasteiger partial charge in [-0.05, 0) is 52.9 Å². The van der Waals surface area contributed by atoms with Crippen LogP contribution in [0.25, 0.3) is 0 Å². The number of benzene rings is 1. The van der Waals surface area contributed by atoms with Crippen LogP contribution in [0.4, 0.5) is 0 Å². The molecule has 0 radical (unpaired) electrons. The van der Waals surface area contributed by atoms with E-state index in [-0.39, 0.29) is 5.56 Å². The highest BCUT2D eigenvalue weighted by Gasteiger charge is 2.22. The molecule has 0 spiro atoms. The van der Waals surface area contributed by atoms with Crippen LogP contribution < -0.4 is 0 Å². The molecule has 1 atom stereocenters. The number of hydrogen-bond donors (Lipinski definition) is 2. The first kappa shape index (κ1) is 21.8. The highest BCUT2D eigenvalue weighted by atomic mass is 32.1. The van der Waals surface area contributed by atoms with Gasteiger partial charge in [0.1, 0.15) is 5.82 Å². The van der Waals surface area contributed by atoms with Crippen LogP contribution in [0.1, 0.15) is 52.8 Å². The van der Waals surface area contributed by atoms with Crippen LogP contribution in [0.3, 0.4) is 0 Å². The van der Waals surface area contributed by atoms with Crippen LogP contribution in [0, 0.1) is 5.92 Å². The number of carboxylic acid groups (broad SMARTS) is 2. The highest BCUT2D eigenvalue weighted by Crippen LogP contribution is 2.20. The average molecular weight is 427 g/mol. The number of rotatable bonds is 11. The van der Waals surface area contributed by atoms with Gasteiger partial charge in [0.25, 0.3) is 0 Å². The number of imidazole rings is 1. The summed E-state index contributed by atoms with van der Waals surface area (Å²) >= 11 is 1.57. The minimum atomic E-state index is -0.953. The van der Waals surface area contributed by atoms with Crippen molar-refractivity contribution < 1.29 is 19.8 Å². The molecule has 2 heterocycles. The molecule has 0 bridgehead atoms. The number of aryl methyl sites for hydroxylation is 1. The topological polar surface area (TPSA) is 92.4 Å². The number of hydrogen-bond acceptors (Lipinski definition) is 4. The minimum absolute atomic E-state index is 0.248. The fourth-order valence-electron chi connectivity index (χ4n) is 3.47. The van der Waals surface area contributed by atoms with Crippen LogP contribution in [0.2, 0.25) is 0 Å². The van der Waals surface area contributed by atoms with Gasteiger partial charge in [-0.3, -0.25) is 4.79 Å². The second-order valence-electron chi connectivity index (χ2n) is 7.43. The molecule has 0 aliphatic heterocycles. The lowest BCUT2D eigenvalue weighted by Crippen LogP contribution is -2.21. The summed E-state index contributed by atoms with van der Waals surface area (Å²) in [6.45, 7) is 2.67. The van der Waals surface area contributed by atoms with Crippen LogP contribution in [-0.4, -0.2) is 31.7 Å².